The summed E-state index contributed by atoms with van der Waals surface area (Å²) in [5.41, 5.74) is 0. The van der Waals surface area contributed by atoms with Gasteiger partial charge in [-0.1, -0.05) is 0 Å². The van der Waals surface area contributed by atoms with Gasteiger partial charge in [0.1, 0.15) is 116 Å². The van der Waals surface area contributed by atoms with Crippen molar-refractivity contribution in [3.63, 3.8) is 0 Å². The topological polar surface area (TPSA) is 466 Å². The molecule has 32 heteroatoms. The van der Waals surface area contributed by atoms with Crippen molar-refractivity contribution in [1.82, 2.24) is 16.0 Å². The molecule has 3 amide bonds. The number of carbonyl (C=O) groups is 3. The van der Waals surface area contributed by atoms with Crippen LogP contribution in [0.5, 0.6) is 0 Å². The molecule has 5 fully saturated rings. The van der Waals surface area contributed by atoms with Gasteiger partial charge in [-0.3, -0.25) is 18.9 Å². The quantitative estimate of drug-likeness (QED) is 0.0567. The minimum Gasteiger partial charge on any atom is -0.394 e. The molecule has 5 aliphatic heterocycles. The maximum absolute atomic E-state index is 12.9. The van der Waals surface area contributed by atoms with Gasteiger partial charge in [-0.15, -0.1) is 0 Å². The molecule has 0 unspecified atom stereocenters. The summed E-state index contributed by atoms with van der Waals surface area (Å²) in [7, 11) is -4.24. The van der Waals surface area contributed by atoms with E-state index < -0.39 is 208 Å². The van der Waals surface area contributed by atoms with E-state index in [1.54, 1.807) is 0 Å². The molecule has 0 aromatic carbocycles. The molecule has 0 saturated carbocycles. The van der Waals surface area contributed by atoms with E-state index in [-0.39, 0.29) is 0 Å². The second-order valence-electron chi connectivity index (χ2n) is 16.9. The van der Waals surface area contributed by atoms with E-state index in [0.717, 1.165) is 27.9 Å². The van der Waals surface area contributed by atoms with E-state index in [4.69, 9.17) is 47.4 Å². The zero-order chi connectivity index (χ0) is 51.4. The first-order chi connectivity index (χ1) is 32.3. The largest absolute Gasteiger partial charge is 0.397 e. The molecule has 0 bridgehead atoms. The van der Waals surface area contributed by atoms with Gasteiger partial charge in [0.15, 0.2) is 31.5 Å². The second kappa shape index (κ2) is 24.4. The van der Waals surface area contributed by atoms with Crippen LogP contribution in [-0.4, -0.2) is 274 Å². The Hall–Kier alpha value is -2.56. The van der Waals surface area contributed by atoms with E-state index in [0.29, 0.717) is 0 Å². The molecule has 15 N–H and O–H groups in total. The minimum atomic E-state index is -5.36. The Morgan fingerprint density at radius 2 is 0.957 bits per heavy atom. The first-order valence-corrected chi connectivity index (χ1v) is 22.8. The maximum Gasteiger partial charge on any atom is 0.397 e. The summed E-state index contributed by atoms with van der Waals surface area (Å²) in [6, 6.07) is -4.74. The molecule has 25 atom stereocenters. The number of rotatable bonds is 18. The van der Waals surface area contributed by atoms with Crippen LogP contribution < -0.4 is 16.0 Å². The molecule has 5 rings (SSSR count). The molecule has 400 valence electrons. The Morgan fingerprint density at radius 3 is 1.51 bits per heavy atom. The number of ether oxygens (including phenoxy) is 10. The van der Waals surface area contributed by atoms with Gasteiger partial charge in [-0.05, 0) is 6.92 Å². The van der Waals surface area contributed by atoms with Crippen molar-refractivity contribution >= 4 is 28.1 Å². The van der Waals surface area contributed by atoms with Gasteiger partial charge in [0, 0.05) is 27.9 Å². The molecule has 5 heterocycles. The summed E-state index contributed by atoms with van der Waals surface area (Å²) in [4.78, 5) is 37.6. The van der Waals surface area contributed by atoms with E-state index >= 15 is 0 Å². The maximum atomic E-state index is 12.9. The summed E-state index contributed by atoms with van der Waals surface area (Å²) in [6.07, 6.45) is -39.9. The third-order valence-electron chi connectivity index (χ3n) is 11.9. The van der Waals surface area contributed by atoms with Gasteiger partial charge in [0.05, 0.1) is 32.5 Å². The summed E-state index contributed by atoms with van der Waals surface area (Å²) in [6.45, 7) is 0.813. The number of aliphatic hydroxyl groups excluding tert-OH is 11. The summed E-state index contributed by atoms with van der Waals surface area (Å²) < 4.78 is 95.8. The Kier molecular flexibility index (Phi) is 20.3. The molecule has 0 radical (unpaired) electrons. The molecule has 0 aromatic heterocycles. The molecule has 69 heavy (non-hydrogen) atoms. The van der Waals surface area contributed by atoms with E-state index in [2.05, 4.69) is 20.1 Å². The van der Waals surface area contributed by atoms with Crippen LogP contribution >= 0.6 is 0 Å². The third-order valence-corrected chi connectivity index (χ3v) is 12.3. The lowest BCUT2D eigenvalue weighted by Gasteiger charge is -2.51. The highest BCUT2D eigenvalue weighted by Gasteiger charge is 2.57. The van der Waals surface area contributed by atoms with Crippen molar-refractivity contribution in [3.8, 4) is 0 Å². The predicted molar refractivity (Wildman–Crippen MR) is 215 cm³/mol. The minimum absolute atomic E-state index is 0.739. The van der Waals surface area contributed by atoms with Crippen LogP contribution in [0.25, 0.3) is 0 Å². The lowest BCUT2D eigenvalue weighted by molar-refractivity contribution is -0.370. The molecular formula is C37H63N3O28S. The van der Waals surface area contributed by atoms with Crippen LogP contribution in [0.15, 0.2) is 0 Å². The Labute approximate surface area is 393 Å². The average Bonchev–Trinajstić information content (AvgIpc) is 3.28. The summed E-state index contributed by atoms with van der Waals surface area (Å²) in [5.74, 6) is -2.29. The number of nitrogens with one attached hydrogen (secondary N) is 3. The van der Waals surface area contributed by atoms with E-state index in [9.17, 15) is 83.5 Å². The van der Waals surface area contributed by atoms with Crippen LogP contribution in [0.1, 0.15) is 27.7 Å². The van der Waals surface area contributed by atoms with Crippen LogP contribution in [0, 0.1) is 0 Å². The molecule has 5 saturated heterocycles. The molecule has 0 spiro atoms. The second-order valence-corrected chi connectivity index (χ2v) is 17.9. The monoisotopic (exact) mass is 1030 g/mol. The first-order valence-electron chi connectivity index (χ1n) is 21.5. The van der Waals surface area contributed by atoms with Crippen molar-refractivity contribution in [3.05, 3.63) is 0 Å². The van der Waals surface area contributed by atoms with Crippen molar-refractivity contribution < 1.29 is 135 Å². The van der Waals surface area contributed by atoms with Crippen molar-refractivity contribution in [2.24, 2.45) is 0 Å². The predicted octanol–water partition coefficient (Wildman–Crippen LogP) is -9.98. The van der Waals surface area contributed by atoms with Gasteiger partial charge in [-0.25, -0.2) is 4.18 Å². The Morgan fingerprint density at radius 1 is 0.493 bits per heavy atom. The number of hydrogen-bond donors (Lipinski definition) is 15. The van der Waals surface area contributed by atoms with Gasteiger partial charge >= 0.3 is 10.4 Å². The van der Waals surface area contributed by atoms with Crippen molar-refractivity contribution in [1.29, 1.82) is 0 Å². The molecular weight excluding hydrogens is 966 g/mol. The van der Waals surface area contributed by atoms with Gasteiger partial charge < -0.3 is 119 Å². The fourth-order valence-corrected chi connectivity index (χ4v) is 9.01. The highest BCUT2D eigenvalue weighted by Crippen LogP contribution is 2.36. The normalized spacial score (nSPS) is 45.3. The standard InChI is InChI=1S/C37H63N3O28S/c1-10-21(47)26(52)27(53)36(60-10)67-31-20(40-13(4)46)34(63-16(8-43)29(31)65-35-18(38-11(2)44)25(51)22(48)14(6-41)61-35)59-9-17-24(50)30(19(39-12(3)45)33(58-5)64-17)66-37-28(54)32(68-69(55,56)57)23(49)15(7-42)62-37/h10,14-37,41-43,47-54H,6-9H2,1-5H3,(H,38,44)(H,39,45)(H,40,46)(H,55,56,57)/t10-,14+,15+,16+,17-,18+,19+,20+,21+,22-,23-,24-,25+,26+,27-,28+,29+,30+,31+,32-,33-,34+,35-,36-,37-/m0/s1. The summed E-state index contributed by atoms with van der Waals surface area (Å²) >= 11 is 0. The zero-order valence-corrected chi connectivity index (χ0v) is 38.4. The van der Waals surface area contributed by atoms with Gasteiger partial charge in [-0.2, -0.15) is 8.42 Å². The number of carbonyl (C=O) groups excluding carboxylic acids is 3. The highest BCUT2D eigenvalue weighted by atomic mass is 32.3. The molecule has 5 aliphatic rings. The van der Waals surface area contributed by atoms with E-state index in [1.807, 2.05) is 0 Å². The fourth-order valence-electron chi connectivity index (χ4n) is 8.50. The SMILES string of the molecule is CO[C@H]1O[C@@H](CO[C@@H]2O[C@H](CO)[C@@H](O[C@@H]3O[C@H](CO)[C@H](O)[C@H](O)[C@H]3NC(C)=O)[C@H](O[C@@H]3O[C@@H](C)[C@@H](O)[C@@H](O)[C@@H]3O)[C@H]2NC(C)=O)[C@H](O)[C@H](O[C@@H]2O[C@H](CO)[C@H](O)[C@H](OS(=O)(=O)O)[C@H]2O)[C@H]1NC(C)=O. The van der Waals surface area contributed by atoms with E-state index in [1.165, 1.54) is 6.92 Å². The zero-order valence-electron chi connectivity index (χ0n) is 37.6. The highest BCUT2D eigenvalue weighted by molar-refractivity contribution is 7.80. The Balaban J connectivity index is 1.50. The first kappa shape index (κ1) is 57.3. The third kappa shape index (κ3) is 13.5. The smallest absolute Gasteiger partial charge is 0.394 e. The number of aliphatic hydroxyl groups is 11. The van der Waals surface area contributed by atoms with Crippen LogP contribution in [0.3, 0.4) is 0 Å². The number of hydrogen-bond acceptors (Lipinski definition) is 27. The number of methoxy groups -OCH3 is 1. The van der Waals surface area contributed by atoms with Crippen LogP contribution in [-0.2, 0) is 76.3 Å². The van der Waals surface area contributed by atoms with Gasteiger partial charge in [0.25, 0.3) is 0 Å². The number of amides is 3. The fraction of sp³-hybridized carbons (Fsp3) is 0.919. The summed E-state index contributed by atoms with van der Waals surface area (Å²) in [5, 5.41) is 125. The molecule has 0 aromatic rings. The Bertz CT molecular complexity index is 1810. The van der Waals surface area contributed by atoms with Crippen LogP contribution in [0.4, 0.5) is 0 Å². The lowest BCUT2D eigenvalue weighted by atomic mass is 9.93. The van der Waals surface area contributed by atoms with Crippen molar-refractivity contribution in [2.45, 2.75) is 181 Å². The van der Waals surface area contributed by atoms with Gasteiger partial charge in [0.2, 0.25) is 17.7 Å². The molecule has 0 aliphatic carbocycles. The molecule has 31 nitrogen and oxygen atoms in total. The van der Waals surface area contributed by atoms with Crippen LogP contribution in [0.2, 0.25) is 0 Å². The van der Waals surface area contributed by atoms with Crippen molar-refractivity contribution in [2.75, 3.05) is 33.5 Å². The average molecular weight is 1030 g/mol. The lowest BCUT2D eigenvalue weighted by Crippen LogP contribution is -2.71.